The first-order valence-corrected chi connectivity index (χ1v) is 9.14. The molecular weight excluding hydrogens is 358 g/mol. The average Bonchev–Trinajstić information content (AvgIpc) is 3.00. The standard InChI is InChI=1S/C18H20N3.ClHO4/c1-14(2)20-13-18(16-7-5-4-6-8-16)19-21(20)17-11-9-15(3)10-12-17;2-1(3,4)5/h4-14H,1-3H3;(H,2,3,4,5)/q+1;/p-1. The Kier molecular flexibility index (Phi) is 6.47. The minimum absolute atomic E-state index is 0.344. The highest BCUT2D eigenvalue weighted by atomic mass is 35.7. The van der Waals surface area contributed by atoms with Crippen LogP contribution in [0.5, 0.6) is 0 Å². The van der Waals surface area contributed by atoms with Crippen LogP contribution in [0.3, 0.4) is 0 Å². The number of halogens is 1. The predicted molar refractivity (Wildman–Crippen MR) is 84.3 cm³/mol. The summed E-state index contributed by atoms with van der Waals surface area (Å²) in [4.78, 5) is 1.98. The van der Waals surface area contributed by atoms with Gasteiger partial charge in [0.05, 0.1) is 5.10 Å². The summed E-state index contributed by atoms with van der Waals surface area (Å²) in [7, 11) is -4.94. The molecule has 0 unspecified atom stereocenters. The highest BCUT2D eigenvalue weighted by molar-refractivity contribution is 5.56. The Labute approximate surface area is 154 Å². The van der Waals surface area contributed by atoms with Crippen molar-refractivity contribution < 1.29 is 33.6 Å². The second kappa shape index (κ2) is 8.39. The summed E-state index contributed by atoms with van der Waals surface area (Å²) in [6.45, 7) is 6.43. The monoisotopic (exact) mass is 377 g/mol. The smallest absolute Gasteiger partial charge is 0.222 e. The Morgan fingerprint density at radius 2 is 1.46 bits per heavy atom. The lowest BCUT2D eigenvalue weighted by atomic mass is 10.2. The van der Waals surface area contributed by atoms with Gasteiger partial charge < -0.3 is 0 Å². The quantitative estimate of drug-likeness (QED) is 0.541. The average molecular weight is 378 g/mol. The highest BCUT2D eigenvalue weighted by Crippen LogP contribution is 2.17. The molecular formula is C18H20ClN3O4. The Bertz CT molecular complexity index is 822. The maximum atomic E-state index is 8.49. The molecule has 26 heavy (non-hydrogen) atoms. The van der Waals surface area contributed by atoms with E-state index in [1.54, 1.807) is 0 Å². The number of aromatic nitrogens is 3. The molecule has 0 bridgehead atoms. The third kappa shape index (κ3) is 5.91. The molecule has 0 atom stereocenters. The molecule has 0 aliphatic heterocycles. The van der Waals surface area contributed by atoms with Gasteiger partial charge in [0.2, 0.25) is 5.69 Å². The van der Waals surface area contributed by atoms with E-state index >= 15 is 0 Å². The maximum absolute atomic E-state index is 8.49. The van der Waals surface area contributed by atoms with Gasteiger partial charge >= 0.3 is 0 Å². The van der Waals surface area contributed by atoms with Crippen LogP contribution in [0.2, 0.25) is 0 Å². The fourth-order valence-electron chi connectivity index (χ4n) is 2.34. The van der Waals surface area contributed by atoms with Crippen molar-refractivity contribution in [3.63, 3.8) is 0 Å². The number of nitrogens with zero attached hydrogens (tertiary/aromatic N) is 3. The van der Waals surface area contributed by atoms with Gasteiger partial charge in [-0.25, -0.2) is 18.6 Å². The van der Waals surface area contributed by atoms with Crippen LogP contribution < -0.4 is 23.3 Å². The summed E-state index contributed by atoms with van der Waals surface area (Å²) in [6, 6.07) is 19.1. The summed E-state index contributed by atoms with van der Waals surface area (Å²) >= 11 is 0. The van der Waals surface area contributed by atoms with Crippen LogP contribution in [0.15, 0.2) is 60.8 Å². The lowest BCUT2D eigenvalue weighted by molar-refractivity contribution is -2.00. The number of rotatable bonds is 3. The van der Waals surface area contributed by atoms with Gasteiger partial charge in [-0.1, -0.05) is 48.0 Å². The fourth-order valence-corrected chi connectivity index (χ4v) is 2.34. The molecule has 0 saturated carbocycles. The van der Waals surface area contributed by atoms with E-state index in [4.69, 9.17) is 23.7 Å². The van der Waals surface area contributed by atoms with Crippen LogP contribution in [-0.4, -0.2) is 9.90 Å². The lowest BCUT2D eigenvalue weighted by Crippen LogP contribution is -2.68. The van der Waals surface area contributed by atoms with E-state index in [1.807, 2.05) is 23.0 Å². The van der Waals surface area contributed by atoms with Crippen LogP contribution in [-0.2, 0) is 0 Å². The van der Waals surface area contributed by atoms with E-state index in [-0.39, 0.29) is 0 Å². The van der Waals surface area contributed by atoms with Gasteiger partial charge in [0.15, 0.2) is 6.20 Å². The molecule has 0 amide bonds. The molecule has 0 radical (unpaired) electrons. The molecule has 3 rings (SSSR count). The minimum atomic E-state index is -4.94. The molecule has 2 aromatic carbocycles. The van der Waals surface area contributed by atoms with Crippen LogP contribution in [0, 0.1) is 17.2 Å². The van der Waals surface area contributed by atoms with Gasteiger partial charge in [-0.15, -0.1) is 10.2 Å². The van der Waals surface area contributed by atoms with Gasteiger partial charge in [-0.05, 0) is 37.7 Å². The highest BCUT2D eigenvalue weighted by Gasteiger charge is 2.21. The molecule has 0 aliphatic carbocycles. The zero-order valence-electron chi connectivity index (χ0n) is 14.7. The first-order chi connectivity index (χ1) is 12.1. The second-order valence-electron chi connectivity index (χ2n) is 5.96. The van der Waals surface area contributed by atoms with Crippen LogP contribution in [0.4, 0.5) is 0 Å². The Hall–Kier alpha value is -2.29. The van der Waals surface area contributed by atoms with Crippen molar-refractivity contribution in [3.8, 4) is 16.9 Å². The van der Waals surface area contributed by atoms with Crippen LogP contribution in [0.1, 0.15) is 25.5 Å². The first kappa shape index (κ1) is 20.0. The van der Waals surface area contributed by atoms with E-state index in [1.165, 1.54) is 5.56 Å². The molecule has 7 nitrogen and oxygen atoms in total. The molecule has 1 heterocycles. The number of benzene rings is 2. The zero-order chi connectivity index (χ0) is 19.3. The molecule has 8 heteroatoms. The van der Waals surface area contributed by atoms with Gasteiger partial charge in [0, 0.05) is 5.56 Å². The van der Waals surface area contributed by atoms with Crippen molar-refractivity contribution in [2.24, 2.45) is 0 Å². The topological polar surface area (TPSA) is 114 Å². The third-order valence-electron chi connectivity index (χ3n) is 3.54. The number of hydrogen-bond donors (Lipinski definition) is 0. The SMILES string of the molecule is Cc1ccc(-n2nc(-c3ccccc3)c[n+]2C(C)C)cc1.[O-][Cl+3]([O-])([O-])[O-]. The second-order valence-corrected chi connectivity index (χ2v) is 6.71. The minimum Gasteiger partial charge on any atom is -0.222 e. The first-order valence-electron chi connectivity index (χ1n) is 7.91. The summed E-state index contributed by atoms with van der Waals surface area (Å²) in [5, 5.41) is 4.78. The molecule has 0 aliphatic rings. The zero-order valence-corrected chi connectivity index (χ0v) is 15.5. The Morgan fingerprint density at radius 3 is 1.96 bits per heavy atom. The molecule has 0 fully saturated rings. The predicted octanol–water partition coefficient (Wildman–Crippen LogP) is -1.04. The fraction of sp³-hybridized carbons (Fsp3) is 0.222. The van der Waals surface area contributed by atoms with Crippen LogP contribution >= 0.6 is 0 Å². The molecule has 0 N–H and O–H groups in total. The van der Waals surface area contributed by atoms with E-state index in [9.17, 15) is 0 Å². The summed E-state index contributed by atoms with van der Waals surface area (Å²) in [5.41, 5.74) is 4.46. The van der Waals surface area contributed by atoms with Gasteiger partial charge in [-0.3, -0.25) is 0 Å². The van der Waals surface area contributed by atoms with Gasteiger partial charge in [0.25, 0.3) is 0 Å². The molecule has 0 spiro atoms. The van der Waals surface area contributed by atoms with Gasteiger partial charge in [0.1, 0.15) is 11.7 Å². The Morgan fingerprint density at radius 1 is 0.923 bits per heavy atom. The van der Waals surface area contributed by atoms with Crippen molar-refractivity contribution in [2.75, 3.05) is 0 Å². The summed E-state index contributed by atoms with van der Waals surface area (Å²) in [6.07, 6.45) is 2.11. The third-order valence-corrected chi connectivity index (χ3v) is 3.54. The van der Waals surface area contributed by atoms with E-state index < -0.39 is 10.2 Å². The van der Waals surface area contributed by atoms with Crippen molar-refractivity contribution in [1.29, 1.82) is 0 Å². The summed E-state index contributed by atoms with van der Waals surface area (Å²) in [5.74, 6) is 0. The van der Waals surface area contributed by atoms with Crippen molar-refractivity contribution >= 4 is 0 Å². The van der Waals surface area contributed by atoms with Crippen molar-refractivity contribution in [2.45, 2.75) is 26.8 Å². The van der Waals surface area contributed by atoms with Crippen LogP contribution in [0.25, 0.3) is 16.9 Å². The lowest BCUT2D eigenvalue weighted by Gasteiger charge is -2.17. The summed E-state index contributed by atoms with van der Waals surface area (Å²) < 4.78 is 36.1. The van der Waals surface area contributed by atoms with E-state index in [2.05, 4.69) is 68.0 Å². The molecule has 1 aromatic heterocycles. The molecule has 3 aromatic rings. The van der Waals surface area contributed by atoms with E-state index in [0.717, 1.165) is 16.9 Å². The largest absolute Gasteiger partial charge is 0.249 e. The number of aryl methyl sites for hydroxylation is 1. The number of hydrogen-bond acceptors (Lipinski definition) is 5. The normalized spacial score (nSPS) is 11.2. The van der Waals surface area contributed by atoms with E-state index in [0.29, 0.717) is 6.04 Å². The van der Waals surface area contributed by atoms with Crippen molar-refractivity contribution in [3.05, 3.63) is 66.4 Å². The maximum Gasteiger partial charge on any atom is 0.249 e. The molecule has 0 saturated heterocycles. The van der Waals surface area contributed by atoms with Gasteiger partial charge in [-0.2, -0.15) is 4.68 Å². The van der Waals surface area contributed by atoms with Crippen molar-refractivity contribution in [1.82, 2.24) is 9.90 Å². The molecule has 138 valence electrons. The Balaban J connectivity index is 0.000000431.